The van der Waals surface area contributed by atoms with Gasteiger partial charge in [-0.1, -0.05) is 59.1 Å². The highest BCUT2D eigenvalue weighted by atomic mass is 35.5. The van der Waals surface area contributed by atoms with E-state index in [1.807, 2.05) is 31.2 Å². The summed E-state index contributed by atoms with van der Waals surface area (Å²) in [5.41, 5.74) is 2.79. The Morgan fingerprint density at radius 2 is 1.75 bits per heavy atom. The molecule has 1 N–H and O–H groups in total. The molecule has 2 nitrogen and oxygen atoms in total. The normalized spacial score (nSPS) is 12.2. The molecule has 0 aliphatic carbocycles. The highest BCUT2D eigenvalue weighted by Crippen LogP contribution is 2.28. The maximum absolute atomic E-state index is 11.5. The molecule has 1 unspecified atom stereocenters. The summed E-state index contributed by atoms with van der Waals surface area (Å²) in [5.74, 6) is -1.50. The van der Waals surface area contributed by atoms with Gasteiger partial charge in [0.05, 0.1) is 16.0 Å². The molecular weight excluding hydrogens is 295 g/mol. The second-order valence-electron chi connectivity index (χ2n) is 4.75. The van der Waals surface area contributed by atoms with E-state index in [0.717, 1.165) is 11.1 Å². The number of benzene rings is 2. The van der Waals surface area contributed by atoms with E-state index in [1.54, 1.807) is 18.2 Å². The molecule has 0 amide bonds. The number of halogens is 2. The number of hydrogen-bond acceptors (Lipinski definition) is 1. The minimum Gasteiger partial charge on any atom is -0.481 e. The molecule has 2 aromatic carbocycles. The van der Waals surface area contributed by atoms with E-state index >= 15 is 0 Å². The van der Waals surface area contributed by atoms with Gasteiger partial charge in [-0.2, -0.15) is 0 Å². The van der Waals surface area contributed by atoms with Crippen molar-refractivity contribution in [2.24, 2.45) is 0 Å². The molecule has 0 aromatic heterocycles. The summed E-state index contributed by atoms with van der Waals surface area (Å²) >= 11 is 11.8. The van der Waals surface area contributed by atoms with Crippen LogP contribution in [0.25, 0.3) is 0 Å². The second kappa shape index (κ2) is 6.29. The third-order valence-electron chi connectivity index (χ3n) is 3.20. The summed E-state index contributed by atoms with van der Waals surface area (Å²) in [4.78, 5) is 11.5. The standard InChI is InChI=1S/C16H14Cl2O2/c1-10-2-4-11(5-3-10)8-13(16(19)20)12-6-7-14(17)15(18)9-12/h2-7,9,13H,8H2,1H3,(H,19,20). The predicted molar refractivity (Wildman–Crippen MR) is 81.7 cm³/mol. The van der Waals surface area contributed by atoms with Crippen molar-refractivity contribution in [1.82, 2.24) is 0 Å². The number of hydrogen-bond donors (Lipinski definition) is 1. The number of carboxylic acids is 1. The van der Waals surface area contributed by atoms with E-state index in [2.05, 4.69) is 0 Å². The lowest BCUT2D eigenvalue weighted by Crippen LogP contribution is -2.14. The first-order chi connectivity index (χ1) is 9.47. The minimum absolute atomic E-state index is 0.374. The highest BCUT2D eigenvalue weighted by molar-refractivity contribution is 6.42. The monoisotopic (exact) mass is 308 g/mol. The van der Waals surface area contributed by atoms with Gasteiger partial charge in [-0.25, -0.2) is 0 Å². The average Bonchev–Trinajstić information content (AvgIpc) is 2.41. The summed E-state index contributed by atoms with van der Waals surface area (Å²) in [6, 6.07) is 12.8. The van der Waals surface area contributed by atoms with Crippen LogP contribution in [-0.2, 0) is 11.2 Å². The molecule has 0 fully saturated rings. The van der Waals surface area contributed by atoms with Crippen LogP contribution in [0.15, 0.2) is 42.5 Å². The Morgan fingerprint density at radius 3 is 2.30 bits per heavy atom. The van der Waals surface area contributed by atoms with Crippen LogP contribution in [0.1, 0.15) is 22.6 Å². The van der Waals surface area contributed by atoms with E-state index in [9.17, 15) is 9.90 Å². The Labute approximate surface area is 128 Å². The summed E-state index contributed by atoms with van der Waals surface area (Å²) in [5, 5.41) is 10.2. The molecule has 4 heteroatoms. The summed E-state index contributed by atoms with van der Waals surface area (Å²) in [6.45, 7) is 2.00. The van der Waals surface area contributed by atoms with Crippen molar-refractivity contribution in [3.63, 3.8) is 0 Å². The summed E-state index contributed by atoms with van der Waals surface area (Å²) in [6.07, 6.45) is 0.424. The van der Waals surface area contributed by atoms with Gasteiger partial charge < -0.3 is 5.11 Å². The lowest BCUT2D eigenvalue weighted by atomic mass is 9.92. The van der Waals surface area contributed by atoms with Crippen molar-refractivity contribution in [3.05, 3.63) is 69.2 Å². The Bertz CT molecular complexity index is 621. The quantitative estimate of drug-likeness (QED) is 0.888. The van der Waals surface area contributed by atoms with Gasteiger partial charge in [0.2, 0.25) is 0 Å². The zero-order valence-corrected chi connectivity index (χ0v) is 12.4. The van der Waals surface area contributed by atoms with Gasteiger partial charge in [0, 0.05) is 0 Å². The Hall–Kier alpha value is -1.51. The molecule has 0 heterocycles. The van der Waals surface area contributed by atoms with E-state index in [4.69, 9.17) is 23.2 Å². The fourth-order valence-electron chi connectivity index (χ4n) is 2.04. The summed E-state index contributed by atoms with van der Waals surface area (Å²) in [7, 11) is 0. The molecule has 0 saturated heterocycles. The Balaban J connectivity index is 2.29. The zero-order valence-electron chi connectivity index (χ0n) is 10.9. The molecule has 0 spiro atoms. The van der Waals surface area contributed by atoms with Crippen LogP contribution >= 0.6 is 23.2 Å². The molecule has 0 radical (unpaired) electrons. The summed E-state index contributed by atoms with van der Waals surface area (Å²) < 4.78 is 0. The third-order valence-corrected chi connectivity index (χ3v) is 3.94. The Kier molecular flexibility index (Phi) is 4.69. The van der Waals surface area contributed by atoms with E-state index in [0.29, 0.717) is 22.0 Å². The highest BCUT2D eigenvalue weighted by Gasteiger charge is 2.21. The van der Waals surface area contributed by atoms with Crippen LogP contribution in [0.5, 0.6) is 0 Å². The molecule has 2 aromatic rings. The molecule has 0 saturated carbocycles. The molecule has 1 atom stereocenters. The van der Waals surface area contributed by atoms with E-state index < -0.39 is 11.9 Å². The van der Waals surface area contributed by atoms with Gasteiger partial charge in [-0.15, -0.1) is 0 Å². The lowest BCUT2D eigenvalue weighted by molar-refractivity contribution is -0.138. The number of carboxylic acid groups (broad SMARTS) is 1. The second-order valence-corrected chi connectivity index (χ2v) is 5.57. The molecule has 2 rings (SSSR count). The van der Waals surface area contributed by atoms with Crippen LogP contribution in [0.2, 0.25) is 10.0 Å². The van der Waals surface area contributed by atoms with Gasteiger partial charge >= 0.3 is 5.97 Å². The third kappa shape index (κ3) is 3.53. The SMILES string of the molecule is Cc1ccc(CC(C(=O)O)c2ccc(Cl)c(Cl)c2)cc1. The molecule has 0 aliphatic rings. The molecule has 20 heavy (non-hydrogen) atoms. The molecule has 0 aliphatic heterocycles. The maximum atomic E-state index is 11.5. The first kappa shape index (κ1) is 14.9. The van der Waals surface area contributed by atoms with Crippen molar-refractivity contribution in [1.29, 1.82) is 0 Å². The largest absolute Gasteiger partial charge is 0.481 e. The predicted octanol–water partition coefficient (Wildman–Crippen LogP) is 4.71. The lowest BCUT2D eigenvalue weighted by Gasteiger charge is -2.14. The Morgan fingerprint density at radius 1 is 1.10 bits per heavy atom. The molecule has 0 bridgehead atoms. The molecular formula is C16H14Cl2O2. The molecule has 104 valence electrons. The van der Waals surface area contributed by atoms with Crippen molar-refractivity contribution in [2.45, 2.75) is 19.3 Å². The first-order valence-corrected chi connectivity index (χ1v) is 6.96. The van der Waals surface area contributed by atoms with E-state index in [-0.39, 0.29) is 0 Å². The number of aliphatic carboxylic acids is 1. The van der Waals surface area contributed by atoms with Crippen LogP contribution in [0.4, 0.5) is 0 Å². The van der Waals surface area contributed by atoms with Crippen LogP contribution in [-0.4, -0.2) is 11.1 Å². The van der Waals surface area contributed by atoms with Crippen molar-refractivity contribution in [3.8, 4) is 0 Å². The number of carbonyl (C=O) groups is 1. The topological polar surface area (TPSA) is 37.3 Å². The maximum Gasteiger partial charge on any atom is 0.311 e. The van der Waals surface area contributed by atoms with E-state index in [1.165, 1.54) is 0 Å². The number of rotatable bonds is 4. The van der Waals surface area contributed by atoms with Crippen LogP contribution in [0, 0.1) is 6.92 Å². The van der Waals surface area contributed by atoms with Crippen LogP contribution < -0.4 is 0 Å². The first-order valence-electron chi connectivity index (χ1n) is 6.20. The van der Waals surface area contributed by atoms with Crippen LogP contribution in [0.3, 0.4) is 0 Å². The smallest absolute Gasteiger partial charge is 0.311 e. The average molecular weight is 309 g/mol. The van der Waals surface area contributed by atoms with Gasteiger partial charge in [0.25, 0.3) is 0 Å². The van der Waals surface area contributed by atoms with Crippen molar-refractivity contribution < 1.29 is 9.90 Å². The number of aryl methyl sites for hydroxylation is 1. The van der Waals surface area contributed by atoms with Gasteiger partial charge in [0.15, 0.2) is 0 Å². The van der Waals surface area contributed by atoms with Gasteiger partial charge in [0.1, 0.15) is 0 Å². The van der Waals surface area contributed by atoms with Crippen molar-refractivity contribution in [2.75, 3.05) is 0 Å². The van der Waals surface area contributed by atoms with Gasteiger partial charge in [-0.05, 0) is 36.6 Å². The minimum atomic E-state index is -0.871. The van der Waals surface area contributed by atoms with Gasteiger partial charge in [-0.3, -0.25) is 4.79 Å². The van der Waals surface area contributed by atoms with Crippen molar-refractivity contribution >= 4 is 29.2 Å². The fourth-order valence-corrected chi connectivity index (χ4v) is 2.34. The zero-order chi connectivity index (χ0) is 14.7. The fraction of sp³-hybridized carbons (Fsp3) is 0.188.